The molecule has 7 heteroatoms. The van der Waals surface area contributed by atoms with E-state index in [0.29, 0.717) is 6.54 Å². The lowest BCUT2D eigenvalue weighted by Crippen LogP contribution is -2.43. The number of halogens is 2. The van der Waals surface area contributed by atoms with Gasteiger partial charge in [-0.05, 0) is 54.2 Å². The van der Waals surface area contributed by atoms with E-state index in [0.717, 1.165) is 42.1 Å². The van der Waals surface area contributed by atoms with Crippen LogP contribution in [0.5, 0.6) is 0 Å². The monoisotopic (exact) mass is 487 g/mol. The van der Waals surface area contributed by atoms with E-state index in [-0.39, 0.29) is 24.0 Å². The summed E-state index contributed by atoms with van der Waals surface area (Å²) in [6.45, 7) is 4.20. The normalized spacial score (nSPS) is 16.9. The van der Waals surface area contributed by atoms with Crippen molar-refractivity contribution in [2.75, 3.05) is 20.1 Å². The maximum Gasteiger partial charge on any atom is 0.194 e. The summed E-state index contributed by atoms with van der Waals surface area (Å²) in [4.78, 5) is 7.97. The Bertz CT molecular complexity index is 477. The Morgan fingerprint density at radius 3 is 2.71 bits per heavy atom. The lowest BCUT2D eigenvalue weighted by Gasteiger charge is -2.35. The zero-order chi connectivity index (χ0) is 14.6. The highest BCUT2D eigenvalue weighted by Gasteiger charge is 2.34. The molecule has 2 rings (SSSR count). The first-order valence-electron chi connectivity index (χ1n) is 6.98. The highest BCUT2D eigenvalue weighted by atomic mass is 127. The molecule has 1 aromatic heterocycles. The number of guanidine groups is 1. The second kappa shape index (κ2) is 8.69. The SMILES string of the molecule is CCNC(=NCC1(O)CCC1)N(C)Cc1ccc(Br)s1.I. The third-order valence-corrected chi connectivity index (χ3v) is 5.13. The predicted octanol–water partition coefficient (Wildman–Crippen LogP) is 3.44. The molecule has 1 heterocycles. The van der Waals surface area contributed by atoms with Gasteiger partial charge >= 0.3 is 0 Å². The molecule has 0 aromatic carbocycles. The topological polar surface area (TPSA) is 47.9 Å². The van der Waals surface area contributed by atoms with Crippen LogP contribution >= 0.6 is 51.2 Å². The zero-order valence-electron chi connectivity index (χ0n) is 12.4. The van der Waals surface area contributed by atoms with Gasteiger partial charge in [-0.25, -0.2) is 0 Å². The number of nitrogens with one attached hydrogen (secondary N) is 1. The lowest BCUT2D eigenvalue weighted by atomic mass is 9.80. The largest absolute Gasteiger partial charge is 0.388 e. The van der Waals surface area contributed by atoms with E-state index in [1.54, 1.807) is 11.3 Å². The fourth-order valence-electron chi connectivity index (χ4n) is 2.18. The van der Waals surface area contributed by atoms with Crippen LogP contribution < -0.4 is 5.32 Å². The maximum absolute atomic E-state index is 10.1. The average Bonchev–Trinajstić information content (AvgIpc) is 2.77. The summed E-state index contributed by atoms with van der Waals surface area (Å²) in [5, 5.41) is 13.4. The standard InChI is InChI=1S/C14H22BrN3OS.HI/c1-3-16-13(17-10-14(19)7-4-8-14)18(2)9-11-5-6-12(15)20-11;/h5-6,19H,3-4,7-10H2,1-2H3,(H,16,17);1H. The van der Waals surface area contributed by atoms with Crippen molar-refractivity contribution in [1.29, 1.82) is 0 Å². The van der Waals surface area contributed by atoms with E-state index in [4.69, 9.17) is 0 Å². The van der Waals surface area contributed by atoms with Gasteiger partial charge < -0.3 is 15.3 Å². The van der Waals surface area contributed by atoms with Crippen LogP contribution in [-0.4, -0.2) is 41.7 Å². The van der Waals surface area contributed by atoms with E-state index in [9.17, 15) is 5.11 Å². The van der Waals surface area contributed by atoms with Gasteiger partial charge in [-0.15, -0.1) is 35.3 Å². The zero-order valence-corrected chi connectivity index (χ0v) is 17.2. The molecule has 0 saturated heterocycles. The first-order chi connectivity index (χ1) is 9.52. The molecule has 1 fully saturated rings. The van der Waals surface area contributed by atoms with Crippen LogP contribution in [-0.2, 0) is 6.54 Å². The van der Waals surface area contributed by atoms with E-state index in [2.05, 4.69) is 50.2 Å². The van der Waals surface area contributed by atoms with Crippen LogP contribution in [0.25, 0.3) is 0 Å². The summed E-state index contributed by atoms with van der Waals surface area (Å²) < 4.78 is 1.15. The van der Waals surface area contributed by atoms with Crippen molar-refractivity contribution >= 4 is 57.2 Å². The average molecular weight is 488 g/mol. The summed E-state index contributed by atoms with van der Waals surface area (Å²) in [5.41, 5.74) is -0.562. The van der Waals surface area contributed by atoms with Crippen molar-refractivity contribution < 1.29 is 5.11 Å². The van der Waals surface area contributed by atoms with Crippen LogP contribution in [0, 0.1) is 0 Å². The highest BCUT2D eigenvalue weighted by Crippen LogP contribution is 2.31. The van der Waals surface area contributed by atoms with Gasteiger partial charge in [0, 0.05) is 18.5 Å². The van der Waals surface area contributed by atoms with Crippen molar-refractivity contribution in [3.05, 3.63) is 20.8 Å². The molecule has 120 valence electrons. The van der Waals surface area contributed by atoms with Gasteiger partial charge in [-0.3, -0.25) is 4.99 Å². The summed E-state index contributed by atoms with van der Waals surface area (Å²) in [7, 11) is 2.03. The minimum Gasteiger partial charge on any atom is -0.388 e. The van der Waals surface area contributed by atoms with Crippen molar-refractivity contribution in [3.8, 4) is 0 Å². The summed E-state index contributed by atoms with van der Waals surface area (Å²) >= 11 is 5.22. The Morgan fingerprint density at radius 2 is 2.24 bits per heavy atom. The third kappa shape index (κ3) is 5.69. The molecular weight excluding hydrogens is 465 g/mol. The van der Waals surface area contributed by atoms with E-state index >= 15 is 0 Å². The minimum atomic E-state index is -0.562. The second-order valence-electron chi connectivity index (χ2n) is 5.31. The molecule has 0 aliphatic heterocycles. The van der Waals surface area contributed by atoms with Crippen molar-refractivity contribution in [1.82, 2.24) is 10.2 Å². The summed E-state index contributed by atoms with van der Waals surface area (Å²) in [5.74, 6) is 0.859. The fraction of sp³-hybridized carbons (Fsp3) is 0.643. The Kier molecular flexibility index (Phi) is 7.94. The number of aliphatic imine (C=N–C) groups is 1. The number of thiophene rings is 1. The predicted molar refractivity (Wildman–Crippen MR) is 104 cm³/mol. The Morgan fingerprint density at radius 1 is 1.52 bits per heavy atom. The molecule has 2 N–H and O–H groups in total. The number of hydrogen-bond donors (Lipinski definition) is 2. The van der Waals surface area contributed by atoms with Crippen LogP contribution in [0.4, 0.5) is 0 Å². The summed E-state index contributed by atoms with van der Waals surface area (Å²) in [6, 6.07) is 4.18. The number of rotatable bonds is 5. The molecule has 0 spiro atoms. The maximum atomic E-state index is 10.1. The molecule has 1 aromatic rings. The molecule has 0 radical (unpaired) electrons. The number of aliphatic hydroxyl groups is 1. The smallest absolute Gasteiger partial charge is 0.194 e. The molecule has 4 nitrogen and oxygen atoms in total. The highest BCUT2D eigenvalue weighted by molar-refractivity contribution is 14.0. The van der Waals surface area contributed by atoms with E-state index in [1.807, 2.05) is 7.05 Å². The Labute approximate surface area is 156 Å². The van der Waals surface area contributed by atoms with Gasteiger partial charge in [-0.1, -0.05) is 0 Å². The first-order valence-corrected chi connectivity index (χ1v) is 8.59. The first kappa shape index (κ1) is 19.2. The van der Waals surface area contributed by atoms with Crippen molar-refractivity contribution in [2.24, 2.45) is 4.99 Å². The quantitative estimate of drug-likeness (QED) is 0.380. The second-order valence-corrected chi connectivity index (χ2v) is 7.86. The number of nitrogens with zero attached hydrogens (tertiary/aromatic N) is 2. The van der Waals surface area contributed by atoms with Crippen LogP contribution in [0.15, 0.2) is 20.9 Å². The molecule has 1 saturated carbocycles. The Balaban J connectivity index is 0.00000220. The molecule has 21 heavy (non-hydrogen) atoms. The molecule has 1 aliphatic rings. The van der Waals surface area contributed by atoms with Gasteiger partial charge in [-0.2, -0.15) is 0 Å². The fourth-order valence-corrected chi connectivity index (χ4v) is 3.72. The summed E-state index contributed by atoms with van der Waals surface area (Å²) in [6.07, 6.45) is 2.86. The molecule has 0 bridgehead atoms. The third-order valence-electron chi connectivity index (χ3n) is 3.53. The van der Waals surface area contributed by atoms with Crippen molar-refractivity contribution in [2.45, 2.75) is 38.3 Å². The van der Waals surface area contributed by atoms with Gasteiger partial charge in [0.2, 0.25) is 0 Å². The molecule has 1 aliphatic carbocycles. The van der Waals surface area contributed by atoms with Gasteiger partial charge in [0.1, 0.15) is 0 Å². The van der Waals surface area contributed by atoms with Crippen LogP contribution in [0.3, 0.4) is 0 Å². The number of hydrogen-bond acceptors (Lipinski definition) is 3. The van der Waals surface area contributed by atoms with Gasteiger partial charge in [0.15, 0.2) is 5.96 Å². The van der Waals surface area contributed by atoms with E-state index in [1.165, 1.54) is 4.88 Å². The van der Waals surface area contributed by atoms with E-state index < -0.39 is 5.60 Å². The molecule has 0 atom stereocenters. The van der Waals surface area contributed by atoms with Gasteiger partial charge in [0.05, 0.1) is 22.5 Å². The lowest BCUT2D eigenvalue weighted by molar-refractivity contribution is -0.0237. The van der Waals surface area contributed by atoms with Crippen LogP contribution in [0.1, 0.15) is 31.1 Å². The van der Waals surface area contributed by atoms with Crippen molar-refractivity contribution in [3.63, 3.8) is 0 Å². The molecular formula is C14H23BrIN3OS. The molecule has 0 unspecified atom stereocenters. The minimum absolute atomic E-state index is 0. The van der Waals surface area contributed by atoms with Gasteiger partial charge in [0.25, 0.3) is 0 Å². The Hall–Kier alpha value is 0.140. The van der Waals surface area contributed by atoms with Crippen LogP contribution in [0.2, 0.25) is 0 Å². The molecule has 0 amide bonds.